The van der Waals surface area contributed by atoms with Gasteiger partial charge in [-0.25, -0.2) is 9.67 Å². The number of aryl methyl sites for hydroxylation is 2. The lowest BCUT2D eigenvalue weighted by Crippen LogP contribution is -2.14. The van der Waals surface area contributed by atoms with Crippen LogP contribution in [0.25, 0.3) is 11.0 Å². The zero-order chi connectivity index (χ0) is 18.8. The largest absolute Gasteiger partial charge is 0.325 e. The summed E-state index contributed by atoms with van der Waals surface area (Å²) in [4.78, 5) is 31.0. The van der Waals surface area contributed by atoms with Crippen LogP contribution < -0.4 is 5.32 Å². The van der Waals surface area contributed by atoms with Crippen molar-refractivity contribution < 1.29 is 9.59 Å². The molecule has 1 amide bonds. The molecule has 3 heterocycles. The van der Waals surface area contributed by atoms with Crippen LogP contribution in [0.1, 0.15) is 52.8 Å². The summed E-state index contributed by atoms with van der Waals surface area (Å²) in [5.74, 6) is -0.186. The number of thiophene rings is 1. The summed E-state index contributed by atoms with van der Waals surface area (Å²) >= 11 is 1.60. The van der Waals surface area contributed by atoms with E-state index >= 15 is 0 Å². The predicted octanol–water partition coefficient (Wildman–Crippen LogP) is 4.29. The molecule has 1 N–H and O–H groups in total. The summed E-state index contributed by atoms with van der Waals surface area (Å²) in [5.41, 5.74) is 2.13. The van der Waals surface area contributed by atoms with Crippen LogP contribution in [-0.2, 0) is 4.79 Å². The van der Waals surface area contributed by atoms with E-state index in [2.05, 4.69) is 15.4 Å². The quantitative estimate of drug-likeness (QED) is 0.657. The Kier molecular flexibility index (Phi) is 5.18. The van der Waals surface area contributed by atoms with E-state index in [4.69, 9.17) is 0 Å². The minimum atomic E-state index is -0.194. The van der Waals surface area contributed by atoms with Crippen LogP contribution in [0.15, 0.2) is 24.5 Å². The maximum absolute atomic E-state index is 12.3. The molecule has 0 unspecified atom stereocenters. The summed E-state index contributed by atoms with van der Waals surface area (Å²) in [5, 5.41) is 8.00. The van der Waals surface area contributed by atoms with Crippen molar-refractivity contribution in [3.05, 3.63) is 39.8 Å². The number of ketones is 1. The van der Waals surface area contributed by atoms with Gasteiger partial charge in [-0.15, -0.1) is 11.3 Å². The topological polar surface area (TPSA) is 76.9 Å². The van der Waals surface area contributed by atoms with E-state index in [1.807, 2.05) is 44.5 Å². The summed E-state index contributed by atoms with van der Waals surface area (Å²) in [6, 6.07) is 3.96. The molecule has 0 aliphatic heterocycles. The van der Waals surface area contributed by atoms with E-state index in [1.54, 1.807) is 23.7 Å². The van der Waals surface area contributed by atoms with Gasteiger partial charge in [-0.1, -0.05) is 0 Å². The Morgan fingerprint density at radius 3 is 2.62 bits per heavy atom. The first-order valence-electron chi connectivity index (χ1n) is 8.58. The van der Waals surface area contributed by atoms with Crippen molar-refractivity contribution in [3.63, 3.8) is 0 Å². The highest BCUT2D eigenvalue weighted by Crippen LogP contribution is 2.23. The SMILES string of the molecule is Cc1cc(C(=O)CCC(=O)Nc2cnc3c(cnn3C(C)C)c2)c(C)s1. The smallest absolute Gasteiger partial charge is 0.224 e. The summed E-state index contributed by atoms with van der Waals surface area (Å²) < 4.78 is 1.84. The maximum Gasteiger partial charge on any atom is 0.224 e. The molecular weight excluding hydrogens is 348 g/mol. The number of nitrogens with one attached hydrogen (secondary N) is 1. The van der Waals surface area contributed by atoms with Crippen molar-refractivity contribution >= 4 is 39.7 Å². The monoisotopic (exact) mass is 370 g/mol. The molecule has 0 spiro atoms. The van der Waals surface area contributed by atoms with Gasteiger partial charge in [0.15, 0.2) is 11.4 Å². The Bertz CT molecular complexity index is 971. The second-order valence-corrected chi connectivity index (χ2v) is 8.08. The fraction of sp³-hybridized carbons (Fsp3) is 0.368. The van der Waals surface area contributed by atoms with Gasteiger partial charge in [-0.3, -0.25) is 9.59 Å². The number of nitrogens with zero attached hydrogens (tertiary/aromatic N) is 3. The van der Waals surface area contributed by atoms with Gasteiger partial charge < -0.3 is 5.32 Å². The molecule has 0 aliphatic rings. The van der Waals surface area contributed by atoms with Crippen LogP contribution >= 0.6 is 11.3 Å². The molecule has 0 radical (unpaired) electrons. The zero-order valence-corrected chi connectivity index (χ0v) is 16.2. The third-order valence-electron chi connectivity index (χ3n) is 4.13. The third kappa shape index (κ3) is 3.83. The number of anilines is 1. The Hall–Kier alpha value is -2.54. The Morgan fingerprint density at radius 1 is 1.19 bits per heavy atom. The number of hydrogen-bond donors (Lipinski definition) is 1. The Morgan fingerprint density at radius 2 is 1.96 bits per heavy atom. The number of carbonyl (C=O) groups is 2. The molecule has 0 bridgehead atoms. The van der Waals surface area contributed by atoms with Gasteiger partial charge in [0.2, 0.25) is 5.91 Å². The van der Waals surface area contributed by atoms with E-state index in [-0.39, 0.29) is 30.6 Å². The molecule has 3 aromatic rings. The molecule has 3 rings (SSSR count). The summed E-state index contributed by atoms with van der Waals surface area (Å²) in [7, 11) is 0. The first-order valence-corrected chi connectivity index (χ1v) is 9.40. The zero-order valence-electron chi connectivity index (χ0n) is 15.4. The van der Waals surface area contributed by atoms with Crippen LogP contribution in [0.5, 0.6) is 0 Å². The number of pyridine rings is 1. The highest BCUT2D eigenvalue weighted by molar-refractivity contribution is 7.12. The van der Waals surface area contributed by atoms with Crippen LogP contribution in [0.2, 0.25) is 0 Å². The number of fused-ring (bicyclic) bond motifs is 1. The van der Waals surface area contributed by atoms with Crippen LogP contribution in [0.4, 0.5) is 5.69 Å². The number of rotatable bonds is 6. The van der Waals surface area contributed by atoms with Crippen molar-refractivity contribution in [1.29, 1.82) is 0 Å². The van der Waals surface area contributed by atoms with Gasteiger partial charge in [-0.2, -0.15) is 5.10 Å². The molecule has 7 heteroatoms. The molecule has 26 heavy (non-hydrogen) atoms. The van der Waals surface area contributed by atoms with Gasteiger partial charge in [0.1, 0.15) is 0 Å². The first-order chi connectivity index (χ1) is 12.3. The molecule has 6 nitrogen and oxygen atoms in total. The van der Waals surface area contributed by atoms with E-state index in [0.29, 0.717) is 5.69 Å². The first kappa shape index (κ1) is 18.3. The van der Waals surface area contributed by atoms with E-state index in [1.165, 1.54) is 0 Å². The number of carbonyl (C=O) groups excluding carboxylic acids is 2. The molecule has 0 aliphatic carbocycles. The van der Waals surface area contributed by atoms with Crippen molar-refractivity contribution in [2.24, 2.45) is 0 Å². The normalized spacial score (nSPS) is 11.3. The van der Waals surface area contributed by atoms with E-state index in [9.17, 15) is 9.59 Å². The molecule has 3 aromatic heterocycles. The minimum absolute atomic E-state index is 0.00814. The number of hydrogen-bond acceptors (Lipinski definition) is 5. The summed E-state index contributed by atoms with van der Waals surface area (Å²) in [6.07, 6.45) is 3.71. The lowest BCUT2D eigenvalue weighted by Gasteiger charge is -2.07. The number of Topliss-reactive ketones (excluding diaryl/α,β-unsaturated/α-hetero) is 1. The van der Waals surface area contributed by atoms with Gasteiger partial charge in [0.05, 0.1) is 18.1 Å². The summed E-state index contributed by atoms with van der Waals surface area (Å²) in [6.45, 7) is 7.99. The second kappa shape index (κ2) is 7.37. The van der Waals surface area contributed by atoms with E-state index in [0.717, 1.165) is 26.4 Å². The molecule has 0 saturated heterocycles. The number of amides is 1. The lowest BCUT2D eigenvalue weighted by molar-refractivity contribution is -0.116. The highest BCUT2D eigenvalue weighted by atomic mass is 32.1. The van der Waals surface area contributed by atoms with Crippen LogP contribution in [0.3, 0.4) is 0 Å². The average molecular weight is 370 g/mol. The highest BCUT2D eigenvalue weighted by Gasteiger charge is 2.14. The van der Waals surface area contributed by atoms with Crippen LogP contribution in [-0.4, -0.2) is 26.5 Å². The minimum Gasteiger partial charge on any atom is -0.325 e. The van der Waals surface area contributed by atoms with E-state index < -0.39 is 0 Å². The Balaban J connectivity index is 1.62. The lowest BCUT2D eigenvalue weighted by atomic mass is 10.1. The standard InChI is InChI=1S/C19H22N4O2S/c1-11(2)23-19-14(9-21-23)8-15(10-20-19)22-18(25)6-5-17(24)16-7-12(3)26-13(16)4/h7-11H,5-6H2,1-4H3,(H,22,25). The molecule has 0 atom stereocenters. The van der Waals surface area contributed by atoms with Crippen molar-refractivity contribution in [2.45, 2.75) is 46.6 Å². The predicted molar refractivity (Wildman–Crippen MR) is 104 cm³/mol. The molecule has 136 valence electrons. The van der Waals surface area contributed by atoms with Crippen molar-refractivity contribution in [2.75, 3.05) is 5.32 Å². The van der Waals surface area contributed by atoms with Gasteiger partial charge in [0, 0.05) is 39.6 Å². The number of aromatic nitrogens is 3. The maximum atomic E-state index is 12.3. The third-order valence-corrected chi connectivity index (χ3v) is 5.09. The second-order valence-electron chi connectivity index (χ2n) is 6.62. The molecule has 0 saturated carbocycles. The molecular formula is C19H22N4O2S. The van der Waals surface area contributed by atoms with Gasteiger partial charge in [0.25, 0.3) is 0 Å². The fourth-order valence-electron chi connectivity index (χ4n) is 2.88. The molecule has 0 fully saturated rings. The Labute approximate surface area is 156 Å². The van der Waals surface area contributed by atoms with Gasteiger partial charge >= 0.3 is 0 Å². The molecule has 0 aromatic carbocycles. The fourth-order valence-corrected chi connectivity index (χ4v) is 3.82. The van der Waals surface area contributed by atoms with Gasteiger partial charge in [-0.05, 0) is 39.8 Å². The van der Waals surface area contributed by atoms with Crippen LogP contribution in [0, 0.1) is 13.8 Å². The van der Waals surface area contributed by atoms with Crippen molar-refractivity contribution in [3.8, 4) is 0 Å². The van der Waals surface area contributed by atoms with Crippen molar-refractivity contribution in [1.82, 2.24) is 14.8 Å². The average Bonchev–Trinajstić information content (AvgIpc) is 3.15.